The summed E-state index contributed by atoms with van der Waals surface area (Å²) in [5, 5.41) is 11.8. The van der Waals surface area contributed by atoms with Gasteiger partial charge in [0.15, 0.2) is 0 Å². The van der Waals surface area contributed by atoms with Gasteiger partial charge in [0.05, 0.1) is 6.42 Å². The predicted molar refractivity (Wildman–Crippen MR) is 54.7 cm³/mol. The number of benzene rings is 1. The zero-order chi connectivity index (χ0) is 11.1. The first-order valence-corrected chi connectivity index (χ1v) is 4.29. The van der Waals surface area contributed by atoms with Gasteiger partial charge in [0.25, 0.3) is 5.91 Å². The summed E-state index contributed by atoms with van der Waals surface area (Å²) in [6.45, 7) is 0. The smallest absolute Gasteiger partial charge is 0.308 e. The van der Waals surface area contributed by atoms with Crippen molar-refractivity contribution in [2.45, 2.75) is 6.42 Å². The van der Waals surface area contributed by atoms with Crippen LogP contribution in [0.3, 0.4) is 0 Å². The summed E-state index contributed by atoms with van der Waals surface area (Å²) >= 11 is 0. The minimum Gasteiger partial charge on any atom is -0.481 e. The molecule has 0 aliphatic heterocycles. The van der Waals surface area contributed by atoms with Crippen molar-refractivity contribution in [2.75, 3.05) is 0 Å². The second-order valence-electron chi connectivity index (χ2n) is 2.72. The highest BCUT2D eigenvalue weighted by Gasteiger charge is 2.01. The van der Waals surface area contributed by atoms with Gasteiger partial charge in [-0.25, -0.2) is 5.43 Å². The summed E-state index contributed by atoms with van der Waals surface area (Å²) in [4.78, 5) is 21.4. The second-order valence-corrected chi connectivity index (χ2v) is 2.72. The van der Waals surface area contributed by atoms with E-state index in [0.29, 0.717) is 5.56 Å². The number of hydrogen-bond donors (Lipinski definition) is 2. The molecule has 0 unspecified atom stereocenters. The molecular weight excluding hydrogens is 196 g/mol. The average molecular weight is 206 g/mol. The molecule has 78 valence electrons. The third-order valence-corrected chi connectivity index (χ3v) is 1.56. The van der Waals surface area contributed by atoms with Gasteiger partial charge in [0.2, 0.25) is 0 Å². The summed E-state index contributed by atoms with van der Waals surface area (Å²) in [5.41, 5.74) is 2.70. The van der Waals surface area contributed by atoms with Crippen LogP contribution in [0.25, 0.3) is 0 Å². The second kappa shape index (κ2) is 5.54. The topological polar surface area (TPSA) is 78.8 Å². The number of carboxylic acids is 1. The van der Waals surface area contributed by atoms with E-state index in [1.165, 1.54) is 0 Å². The van der Waals surface area contributed by atoms with Gasteiger partial charge in [-0.15, -0.1) is 0 Å². The molecule has 0 bridgehead atoms. The molecule has 5 nitrogen and oxygen atoms in total. The van der Waals surface area contributed by atoms with E-state index in [-0.39, 0.29) is 12.3 Å². The minimum absolute atomic E-state index is 0.213. The van der Waals surface area contributed by atoms with Crippen molar-refractivity contribution in [3.05, 3.63) is 35.9 Å². The fourth-order valence-electron chi connectivity index (χ4n) is 0.882. The van der Waals surface area contributed by atoms with E-state index in [0.717, 1.165) is 6.21 Å². The third kappa shape index (κ3) is 4.04. The highest BCUT2D eigenvalue weighted by atomic mass is 16.4. The first-order valence-electron chi connectivity index (χ1n) is 4.29. The van der Waals surface area contributed by atoms with Crippen LogP contribution in [0.1, 0.15) is 16.8 Å². The predicted octanol–water partition coefficient (Wildman–Crippen LogP) is 0.877. The van der Waals surface area contributed by atoms with Crippen molar-refractivity contribution in [1.29, 1.82) is 0 Å². The first kappa shape index (κ1) is 10.9. The lowest BCUT2D eigenvalue weighted by atomic mass is 10.2. The maximum atomic E-state index is 11.3. The average Bonchev–Trinajstić information content (AvgIpc) is 2.25. The Morgan fingerprint density at radius 2 is 2.00 bits per heavy atom. The van der Waals surface area contributed by atoms with E-state index < -0.39 is 5.97 Å². The first-order chi connectivity index (χ1) is 7.20. The molecule has 0 heterocycles. The zero-order valence-corrected chi connectivity index (χ0v) is 7.88. The van der Waals surface area contributed by atoms with Gasteiger partial charge in [0.1, 0.15) is 0 Å². The lowest BCUT2D eigenvalue weighted by molar-refractivity contribution is -0.135. The van der Waals surface area contributed by atoms with E-state index in [2.05, 4.69) is 10.5 Å². The molecule has 0 radical (unpaired) electrons. The molecule has 1 amide bonds. The van der Waals surface area contributed by atoms with Crippen LogP contribution < -0.4 is 5.43 Å². The molecule has 1 rings (SSSR count). The van der Waals surface area contributed by atoms with Crippen molar-refractivity contribution in [2.24, 2.45) is 5.10 Å². The maximum absolute atomic E-state index is 11.3. The largest absolute Gasteiger partial charge is 0.481 e. The Morgan fingerprint density at radius 3 is 2.60 bits per heavy atom. The van der Waals surface area contributed by atoms with Gasteiger partial charge in [-0.2, -0.15) is 5.10 Å². The van der Waals surface area contributed by atoms with Crippen molar-refractivity contribution in [3.63, 3.8) is 0 Å². The van der Waals surface area contributed by atoms with Gasteiger partial charge >= 0.3 is 5.97 Å². The highest BCUT2D eigenvalue weighted by molar-refractivity contribution is 5.94. The number of hydrazone groups is 1. The van der Waals surface area contributed by atoms with Gasteiger partial charge in [0, 0.05) is 11.8 Å². The highest BCUT2D eigenvalue weighted by Crippen LogP contribution is 1.97. The van der Waals surface area contributed by atoms with E-state index in [1.54, 1.807) is 30.3 Å². The van der Waals surface area contributed by atoms with Crippen LogP contribution in [0.2, 0.25) is 0 Å². The lowest BCUT2D eigenvalue weighted by Crippen LogP contribution is -2.17. The van der Waals surface area contributed by atoms with E-state index in [1.807, 2.05) is 0 Å². The molecule has 0 aromatic heterocycles. The Labute approximate surface area is 86.4 Å². The summed E-state index contributed by atoms with van der Waals surface area (Å²) in [5.74, 6) is -1.36. The normalized spacial score (nSPS) is 10.1. The maximum Gasteiger partial charge on any atom is 0.308 e. The molecule has 0 aliphatic rings. The quantitative estimate of drug-likeness (QED) is 0.566. The Morgan fingerprint density at radius 1 is 1.33 bits per heavy atom. The molecule has 0 spiro atoms. The molecular formula is C10H10N2O3. The van der Waals surface area contributed by atoms with Crippen molar-refractivity contribution < 1.29 is 14.7 Å². The summed E-state index contributed by atoms with van der Waals surface area (Å²) < 4.78 is 0. The molecule has 2 N–H and O–H groups in total. The number of rotatable bonds is 4. The molecule has 1 aromatic rings. The van der Waals surface area contributed by atoms with Gasteiger partial charge in [-0.05, 0) is 12.1 Å². The number of hydrogen-bond acceptors (Lipinski definition) is 3. The van der Waals surface area contributed by atoms with Crippen LogP contribution in [0.5, 0.6) is 0 Å². The number of aliphatic carboxylic acids is 1. The van der Waals surface area contributed by atoms with Crippen LogP contribution in [0.15, 0.2) is 35.4 Å². The molecule has 0 fully saturated rings. The van der Waals surface area contributed by atoms with Crippen LogP contribution in [-0.4, -0.2) is 23.2 Å². The molecule has 5 heteroatoms. The van der Waals surface area contributed by atoms with Crippen molar-refractivity contribution in [1.82, 2.24) is 5.43 Å². The molecule has 15 heavy (non-hydrogen) atoms. The van der Waals surface area contributed by atoms with E-state index >= 15 is 0 Å². The molecule has 0 saturated carbocycles. The number of amides is 1. The standard InChI is InChI=1S/C10H10N2O3/c13-9(14)6-7-11-12-10(15)8-4-2-1-3-5-8/h1-5,7H,6H2,(H,12,15)(H,13,14). The zero-order valence-electron chi connectivity index (χ0n) is 7.88. The van der Waals surface area contributed by atoms with Gasteiger partial charge in [-0.1, -0.05) is 18.2 Å². The van der Waals surface area contributed by atoms with Crippen molar-refractivity contribution in [3.8, 4) is 0 Å². The van der Waals surface area contributed by atoms with Crippen molar-refractivity contribution >= 4 is 18.1 Å². The fraction of sp³-hybridized carbons (Fsp3) is 0.100. The number of nitrogens with one attached hydrogen (secondary N) is 1. The fourth-order valence-corrected chi connectivity index (χ4v) is 0.882. The lowest BCUT2D eigenvalue weighted by Gasteiger charge is -1.97. The number of nitrogens with zero attached hydrogens (tertiary/aromatic N) is 1. The summed E-state index contributed by atoms with van der Waals surface area (Å²) in [7, 11) is 0. The molecule has 0 atom stereocenters. The third-order valence-electron chi connectivity index (χ3n) is 1.56. The van der Waals surface area contributed by atoms with E-state index in [9.17, 15) is 9.59 Å². The SMILES string of the molecule is O=C(O)CC=NNC(=O)c1ccccc1. The van der Waals surface area contributed by atoms with Crippen LogP contribution in [-0.2, 0) is 4.79 Å². The molecule has 0 saturated heterocycles. The Balaban J connectivity index is 2.44. The Kier molecular flexibility index (Phi) is 4.03. The Bertz CT molecular complexity index is 374. The summed E-state index contributed by atoms with van der Waals surface area (Å²) in [6.07, 6.45) is 0.915. The Hall–Kier alpha value is -2.17. The van der Waals surface area contributed by atoms with Crippen LogP contribution >= 0.6 is 0 Å². The molecule has 0 aliphatic carbocycles. The number of carbonyl (C=O) groups excluding carboxylic acids is 1. The minimum atomic E-state index is -0.993. The summed E-state index contributed by atoms with van der Waals surface area (Å²) in [6, 6.07) is 8.54. The van der Waals surface area contributed by atoms with Crippen LogP contribution in [0.4, 0.5) is 0 Å². The van der Waals surface area contributed by atoms with Gasteiger partial charge in [-0.3, -0.25) is 9.59 Å². The monoisotopic (exact) mass is 206 g/mol. The van der Waals surface area contributed by atoms with Gasteiger partial charge < -0.3 is 5.11 Å². The molecule has 1 aromatic carbocycles. The number of carbonyl (C=O) groups is 2. The van der Waals surface area contributed by atoms with Crippen LogP contribution in [0, 0.1) is 0 Å². The van der Waals surface area contributed by atoms with E-state index in [4.69, 9.17) is 5.11 Å². The number of carboxylic acid groups (broad SMARTS) is 1.